The lowest BCUT2D eigenvalue weighted by Gasteiger charge is -2.28. The van der Waals surface area contributed by atoms with Crippen molar-refractivity contribution in [1.29, 1.82) is 0 Å². The highest BCUT2D eigenvalue weighted by atomic mass is 19.4. The summed E-state index contributed by atoms with van der Waals surface area (Å²) >= 11 is 0. The first-order valence-corrected chi connectivity index (χ1v) is 7.04. The van der Waals surface area contributed by atoms with E-state index in [4.69, 9.17) is 0 Å². The van der Waals surface area contributed by atoms with Gasteiger partial charge in [0.05, 0.1) is 22.6 Å². The van der Waals surface area contributed by atoms with Crippen LogP contribution in [-0.2, 0) is 6.18 Å². The lowest BCUT2D eigenvalue weighted by Crippen LogP contribution is -2.45. The third-order valence-electron chi connectivity index (χ3n) is 3.76. The zero-order valence-electron chi connectivity index (χ0n) is 12.0. The summed E-state index contributed by atoms with van der Waals surface area (Å²) in [4.78, 5) is 21.9. The number of benzene rings is 1. The van der Waals surface area contributed by atoms with Crippen molar-refractivity contribution >= 4 is 11.6 Å². The Labute approximate surface area is 129 Å². The van der Waals surface area contributed by atoms with Gasteiger partial charge in [-0.15, -0.1) is 0 Å². The maximum absolute atomic E-state index is 12.8. The summed E-state index contributed by atoms with van der Waals surface area (Å²) in [6.45, 7) is 0. The van der Waals surface area contributed by atoms with Crippen LogP contribution in [0.25, 0.3) is 0 Å². The number of hydrogen-bond acceptors (Lipinski definition) is 4. The molecule has 1 aliphatic carbocycles. The number of nitro benzene ring substituents is 1. The average Bonchev–Trinajstić information content (AvgIpc) is 2.48. The summed E-state index contributed by atoms with van der Waals surface area (Å²) in [6.07, 6.45) is -2.98. The Balaban J connectivity index is 2.28. The number of alkyl halides is 3. The molecule has 2 atom stereocenters. The van der Waals surface area contributed by atoms with E-state index in [9.17, 15) is 33.2 Å². The van der Waals surface area contributed by atoms with Gasteiger partial charge in [-0.3, -0.25) is 14.9 Å². The molecule has 1 amide bonds. The van der Waals surface area contributed by atoms with Crippen LogP contribution in [0.5, 0.6) is 0 Å². The quantitative estimate of drug-likeness (QED) is 0.657. The molecule has 0 bridgehead atoms. The number of halogens is 3. The van der Waals surface area contributed by atoms with Crippen LogP contribution in [0, 0.1) is 10.1 Å². The Hall–Kier alpha value is -2.16. The fourth-order valence-corrected chi connectivity index (χ4v) is 2.54. The van der Waals surface area contributed by atoms with Crippen LogP contribution in [0.2, 0.25) is 0 Å². The summed E-state index contributed by atoms with van der Waals surface area (Å²) in [7, 11) is 0. The van der Waals surface area contributed by atoms with E-state index in [0.29, 0.717) is 25.0 Å². The average molecular weight is 332 g/mol. The van der Waals surface area contributed by atoms with Gasteiger partial charge in [0.25, 0.3) is 11.6 Å². The van der Waals surface area contributed by atoms with Gasteiger partial charge in [-0.05, 0) is 18.9 Å². The minimum absolute atomic E-state index is 0.381. The zero-order valence-corrected chi connectivity index (χ0v) is 12.0. The van der Waals surface area contributed by atoms with Gasteiger partial charge in [0.1, 0.15) is 0 Å². The van der Waals surface area contributed by atoms with E-state index in [2.05, 4.69) is 5.32 Å². The number of aliphatic hydroxyl groups excluding tert-OH is 1. The zero-order chi connectivity index (χ0) is 17.2. The number of nitro groups is 1. The lowest BCUT2D eigenvalue weighted by molar-refractivity contribution is -0.385. The first-order valence-electron chi connectivity index (χ1n) is 7.04. The minimum atomic E-state index is -4.80. The normalized spacial score (nSPS) is 21.7. The molecule has 1 saturated carbocycles. The van der Waals surface area contributed by atoms with Crippen molar-refractivity contribution < 1.29 is 28.0 Å². The molecule has 0 aliphatic heterocycles. The first-order chi connectivity index (χ1) is 10.7. The number of aliphatic hydroxyl groups is 1. The van der Waals surface area contributed by atoms with Gasteiger partial charge in [-0.25, -0.2) is 0 Å². The second-order valence-electron chi connectivity index (χ2n) is 5.46. The van der Waals surface area contributed by atoms with Crippen molar-refractivity contribution in [1.82, 2.24) is 5.32 Å². The molecule has 23 heavy (non-hydrogen) atoms. The molecule has 6 nitrogen and oxygen atoms in total. The molecular formula is C14H15F3N2O4. The standard InChI is InChI=1S/C14H15F3N2O4/c15-14(16,17)9-5-8(6-10(7-9)19(22)23)13(21)18-11-3-1-2-4-12(11)20/h5-7,11-12,20H,1-4H2,(H,18,21). The molecule has 1 aliphatic rings. The van der Waals surface area contributed by atoms with Gasteiger partial charge < -0.3 is 10.4 Å². The summed E-state index contributed by atoms with van der Waals surface area (Å²) in [5.41, 5.74) is -2.53. The van der Waals surface area contributed by atoms with E-state index >= 15 is 0 Å². The van der Waals surface area contributed by atoms with E-state index in [0.717, 1.165) is 18.9 Å². The number of non-ortho nitro benzene ring substituents is 1. The maximum atomic E-state index is 12.8. The third-order valence-corrected chi connectivity index (χ3v) is 3.76. The summed E-state index contributed by atoms with van der Waals surface area (Å²) in [6, 6.07) is 1.17. The van der Waals surface area contributed by atoms with Crippen molar-refractivity contribution in [2.24, 2.45) is 0 Å². The first kappa shape index (κ1) is 17.2. The summed E-state index contributed by atoms with van der Waals surface area (Å²) < 4.78 is 38.4. The van der Waals surface area contributed by atoms with Crippen LogP contribution in [0.3, 0.4) is 0 Å². The monoisotopic (exact) mass is 332 g/mol. The molecule has 0 saturated heterocycles. The van der Waals surface area contributed by atoms with Crippen LogP contribution in [0.1, 0.15) is 41.6 Å². The molecule has 1 fully saturated rings. The Morgan fingerprint density at radius 2 is 1.91 bits per heavy atom. The van der Waals surface area contributed by atoms with E-state index in [1.54, 1.807) is 0 Å². The van der Waals surface area contributed by atoms with Crippen LogP contribution >= 0.6 is 0 Å². The maximum Gasteiger partial charge on any atom is 0.416 e. The number of rotatable bonds is 3. The van der Waals surface area contributed by atoms with E-state index in [-0.39, 0.29) is 0 Å². The SMILES string of the molecule is O=C(NC1CCCCC1O)c1cc([N+](=O)[O-])cc(C(F)(F)F)c1. The Morgan fingerprint density at radius 3 is 2.48 bits per heavy atom. The van der Waals surface area contributed by atoms with Gasteiger partial charge in [0.2, 0.25) is 0 Å². The highest BCUT2D eigenvalue weighted by Gasteiger charge is 2.34. The number of carbonyl (C=O) groups is 1. The molecule has 0 radical (unpaired) electrons. The Bertz CT molecular complexity index is 619. The predicted octanol–water partition coefficient (Wildman–Crippen LogP) is 2.65. The van der Waals surface area contributed by atoms with Gasteiger partial charge in [-0.2, -0.15) is 13.2 Å². The van der Waals surface area contributed by atoms with Crippen molar-refractivity contribution in [3.63, 3.8) is 0 Å². The Morgan fingerprint density at radius 1 is 1.26 bits per heavy atom. The fraction of sp³-hybridized carbons (Fsp3) is 0.500. The molecule has 0 aromatic heterocycles. The number of nitrogens with one attached hydrogen (secondary N) is 1. The summed E-state index contributed by atoms with van der Waals surface area (Å²) in [5, 5.41) is 23.0. The predicted molar refractivity (Wildman–Crippen MR) is 73.8 cm³/mol. The topological polar surface area (TPSA) is 92.5 Å². The fourth-order valence-electron chi connectivity index (χ4n) is 2.54. The van der Waals surface area contributed by atoms with Crippen LogP contribution < -0.4 is 5.32 Å². The van der Waals surface area contributed by atoms with Crippen LogP contribution in [0.4, 0.5) is 18.9 Å². The van der Waals surface area contributed by atoms with E-state index in [1.165, 1.54) is 0 Å². The number of hydrogen-bond donors (Lipinski definition) is 2. The van der Waals surface area contributed by atoms with Crippen LogP contribution in [0.15, 0.2) is 18.2 Å². The number of amides is 1. The molecule has 0 spiro atoms. The minimum Gasteiger partial charge on any atom is -0.391 e. The van der Waals surface area contributed by atoms with E-state index < -0.39 is 46.0 Å². The van der Waals surface area contributed by atoms with Gasteiger partial charge >= 0.3 is 6.18 Å². The molecular weight excluding hydrogens is 317 g/mol. The Kier molecular flexibility index (Phi) is 4.88. The summed E-state index contributed by atoms with van der Waals surface area (Å²) in [5.74, 6) is -0.870. The highest BCUT2D eigenvalue weighted by Crippen LogP contribution is 2.32. The molecule has 0 heterocycles. The second kappa shape index (κ2) is 6.53. The van der Waals surface area contributed by atoms with Crippen molar-refractivity contribution in [2.75, 3.05) is 0 Å². The number of carbonyl (C=O) groups excluding carboxylic acids is 1. The van der Waals surface area contributed by atoms with Crippen molar-refractivity contribution in [3.8, 4) is 0 Å². The molecule has 2 rings (SSSR count). The van der Waals surface area contributed by atoms with Crippen molar-refractivity contribution in [2.45, 2.75) is 44.0 Å². The largest absolute Gasteiger partial charge is 0.416 e. The van der Waals surface area contributed by atoms with Crippen molar-refractivity contribution in [3.05, 3.63) is 39.4 Å². The highest BCUT2D eigenvalue weighted by molar-refractivity contribution is 5.95. The molecule has 1 aromatic carbocycles. The van der Waals surface area contributed by atoms with Crippen LogP contribution in [-0.4, -0.2) is 28.1 Å². The lowest BCUT2D eigenvalue weighted by atomic mass is 9.92. The van der Waals surface area contributed by atoms with E-state index in [1.807, 2.05) is 0 Å². The molecule has 126 valence electrons. The number of nitrogens with zero attached hydrogens (tertiary/aromatic N) is 1. The second-order valence-corrected chi connectivity index (χ2v) is 5.46. The van der Waals surface area contributed by atoms with Gasteiger partial charge in [-0.1, -0.05) is 12.8 Å². The molecule has 2 N–H and O–H groups in total. The molecule has 9 heteroatoms. The van der Waals surface area contributed by atoms with Gasteiger partial charge in [0.15, 0.2) is 0 Å². The smallest absolute Gasteiger partial charge is 0.391 e. The van der Waals surface area contributed by atoms with Gasteiger partial charge in [0, 0.05) is 17.7 Å². The third kappa shape index (κ3) is 4.19. The molecule has 1 aromatic rings. The molecule has 2 unspecified atom stereocenters.